The van der Waals surface area contributed by atoms with Gasteiger partial charge in [0.05, 0.1) is 6.54 Å². The van der Waals surface area contributed by atoms with Gasteiger partial charge < -0.3 is 9.42 Å². The lowest BCUT2D eigenvalue weighted by molar-refractivity contribution is -0.144. The van der Waals surface area contributed by atoms with Crippen molar-refractivity contribution in [2.24, 2.45) is 0 Å². The van der Waals surface area contributed by atoms with Gasteiger partial charge in [-0.25, -0.2) is 4.98 Å². The molecule has 12 heteroatoms. The van der Waals surface area contributed by atoms with Gasteiger partial charge >= 0.3 is 6.18 Å². The number of anilines is 1. The summed E-state index contributed by atoms with van der Waals surface area (Å²) in [6.45, 7) is 6.68. The molecule has 27 heavy (non-hydrogen) atoms. The number of hydrogen-bond acceptors (Lipinski definition) is 8. The highest BCUT2D eigenvalue weighted by atomic mass is 19.4. The Hall–Kier alpha value is -2.76. The SMILES string of the molecule is Cc1cc(N2CCN(Cc3noc(C)n3)CC2)n2nc(C(F)(F)F)nc2n1. The van der Waals surface area contributed by atoms with Crippen molar-refractivity contribution in [3.8, 4) is 0 Å². The van der Waals surface area contributed by atoms with Crippen molar-refractivity contribution >= 4 is 11.6 Å². The van der Waals surface area contributed by atoms with E-state index in [0.717, 1.165) is 4.52 Å². The third-order valence-corrected chi connectivity index (χ3v) is 4.31. The van der Waals surface area contributed by atoms with Gasteiger partial charge in [-0.15, -0.1) is 5.10 Å². The number of halogens is 3. The molecule has 0 atom stereocenters. The number of hydrogen-bond donors (Lipinski definition) is 0. The van der Waals surface area contributed by atoms with Gasteiger partial charge in [0.15, 0.2) is 5.82 Å². The van der Waals surface area contributed by atoms with Crippen LogP contribution in [0.2, 0.25) is 0 Å². The van der Waals surface area contributed by atoms with Crippen LogP contribution in [0, 0.1) is 13.8 Å². The molecular weight excluding hydrogens is 365 g/mol. The van der Waals surface area contributed by atoms with Gasteiger partial charge in [-0.1, -0.05) is 5.16 Å². The number of alkyl halides is 3. The maximum atomic E-state index is 13.0. The zero-order valence-corrected chi connectivity index (χ0v) is 14.7. The second-order valence-corrected chi connectivity index (χ2v) is 6.39. The summed E-state index contributed by atoms with van der Waals surface area (Å²) in [7, 11) is 0. The van der Waals surface area contributed by atoms with Crippen LogP contribution in [-0.4, -0.2) is 60.8 Å². The number of aryl methyl sites for hydroxylation is 2. The predicted molar refractivity (Wildman–Crippen MR) is 87.0 cm³/mol. The van der Waals surface area contributed by atoms with Gasteiger partial charge in [0.25, 0.3) is 11.6 Å². The Kier molecular flexibility index (Phi) is 4.21. The molecule has 0 unspecified atom stereocenters. The highest BCUT2D eigenvalue weighted by molar-refractivity contribution is 5.48. The van der Waals surface area contributed by atoms with Crippen LogP contribution in [-0.2, 0) is 12.7 Å². The number of nitrogens with zero attached hydrogens (tertiary/aromatic N) is 8. The van der Waals surface area contributed by atoms with Crippen molar-refractivity contribution in [3.05, 3.63) is 29.3 Å². The Labute approximate surface area is 151 Å². The van der Waals surface area contributed by atoms with Crippen LogP contribution in [0.1, 0.15) is 23.2 Å². The number of piperazine rings is 1. The van der Waals surface area contributed by atoms with Gasteiger partial charge in [-0.05, 0) is 6.92 Å². The van der Waals surface area contributed by atoms with E-state index in [9.17, 15) is 13.2 Å². The van der Waals surface area contributed by atoms with E-state index in [2.05, 4.69) is 30.1 Å². The van der Waals surface area contributed by atoms with Crippen LogP contribution in [0.25, 0.3) is 5.78 Å². The molecule has 4 heterocycles. The predicted octanol–water partition coefficient (Wildman–Crippen LogP) is 1.47. The highest BCUT2D eigenvalue weighted by Gasteiger charge is 2.37. The van der Waals surface area contributed by atoms with Crippen molar-refractivity contribution in [2.45, 2.75) is 26.6 Å². The maximum absolute atomic E-state index is 13.0. The van der Waals surface area contributed by atoms with Crippen LogP contribution in [0.3, 0.4) is 0 Å². The molecule has 1 saturated heterocycles. The van der Waals surface area contributed by atoms with Gasteiger partial charge in [-0.3, -0.25) is 4.90 Å². The van der Waals surface area contributed by atoms with E-state index in [1.165, 1.54) is 0 Å². The first-order chi connectivity index (χ1) is 12.8. The second kappa shape index (κ2) is 6.44. The molecule has 0 aliphatic carbocycles. The van der Waals surface area contributed by atoms with Gasteiger partial charge in [0.2, 0.25) is 5.89 Å². The molecule has 0 saturated carbocycles. The molecule has 0 amide bonds. The monoisotopic (exact) mass is 382 g/mol. The van der Waals surface area contributed by atoms with E-state index in [1.54, 1.807) is 19.9 Å². The molecule has 0 N–H and O–H groups in total. The second-order valence-electron chi connectivity index (χ2n) is 6.39. The van der Waals surface area contributed by atoms with Crippen molar-refractivity contribution < 1.29 is 17.7 Å². The minimum absolute atomic E-state index is 0.0537. The molecule has 0 bridgehead atoms. The molecular formula is C15H17F3N8O. The molecule has 9 nitrogen and oxygen atoms in total. The summed E-state index contributed by atoms with van der Waals surface area (Å²) in [6, 6.07) is 1.72. The Balaban J connectivity index is 1.53. The van der Waals surface area contributed by atoms with Crippen LogP contribution in [0.15, 0.2) is 10.6 Å². The van der Waals surface area contributed by atoms with Crippen LogP contribution < -0.4 is 4.90 Å². The van der Waals surface area contributed by atoms with Crippen LogP contribution in [0.5, 0.6) is 0 Å². The first kappa shape index (κ1) is 17.6. The average molecular weight is 382 g/mol. The lowest BCUT2D eigenvalue weighted by Gasteiger charge is -2.35. The Morgan fingerprint density at radius 2 is 1.81 bits per heavy atom. The third-order valence-electron chi connectivity index (χ3n) is 4.31. The summed E-state index contributed by atoms with van der Waals surface area (Å²) in [5.74, 6) is 0.449. The number of aromatic nitrogens is 6. The van der Waals surface area contributed by atoms with Crippen molar-refractivity contribution in [1.29, 1.82) is 0 Å². The molecule has 3 aromatic rings. The fourth-order valence-electron chi connectivity index (χ4n) is 3.05. The fourth-order valence-corrected chi connectivity index (χ4v) is 3.05. The van der Waals surface area contributed by atoms with E-state index in [0.29, 0.717) is 56.0 Å². The lowest BCUT2D eigenvalue weighted by Crippen LogP contribution is -2.46. The Morgan fingerprint density at radius 3 is 2.44 bits per heavy atom. The summed E-state index contributed by atoms with van der Waals surface area (Å²) in [5.41, 5.74) is 0.586. The van der Waals surface area contributed by atoms with Crippen molar-refractivity contribution in [1.82, 2.24) is 34.6 Å². The zero-order chi connectivity index (χ0) is 19.2. The summed E-state index contributed by atoms with van der Waals surface area (Å²) in [6.07, 6.45) is -4.61. The summed E-state index contributed by atoms with van der Waals surface area (Å²) in [4.78, 5) is 15.9. The number of fused-ring (bicyclic) bond motifs is 1. The maximum Gasteiger partial charge on any atom is 0.453 e. The van der Waals surface area contributed by atoms with Gasteiger partial charge in [0, 0.05) is 44.9 Å². The van der Waals surface area contributed by atoms with E-state index in [-0.39, 0.29) is 5.78 Å². The van der Waals surface area contributed by atoms with E-state index in [4.69, 9.17) is 4.52 Å². The Morgan fingerprint density at radius 1 is 1.07 bits per heavy atom. The topological polar surface area (TPSA) is 88.5 Å². The molecule has 1 aliphatic rings. The molecule has 0 spiro atoms. The molecule has 0 radical (unpaired) electrons. The van der Waals surface area contributed by atoms with E-state index < -0.39 is 12.0 Å². The fraction of sp³-hybridized carbons (Fsp3) is 0.533. The smallest absolute Gasteiger partial charge is 0.354 e. The van der Waals surface area contributed by atoms with Gasteiger partial charge in [0.1, 0.15) is 5.82 Å². The zero-order valence-electron chi connectivity index (χ0n) is 14.7. The molecule has 144 valence electrons. The molecule has 1 fully saturated rings. The molecule has 1 aliphatic heterocycles. The molecule has 4 rings (SSSR count). The summed E-state index contributed by atoms with van der Waals surface area (Å²) < 4.78 is 45.0. The summed E-state index contributed by atoms with van der Waals surface area (Å²) >= 11 is 0. The molecule has 0 aromatic carbocycles. The first-order valence-corrected chi connectivity index (χ1v) is 8.38. The normalized spacial score (nSPS) is 16.4. The molecule has 3 aromatic heterocycles. The lowest BCUT2D eigenvalue weighted by atomic mass is 10.3. The van der Waals surface area contributed by atoms with Gasteiger partial charge in [-0.2, -0.15) is 27.7 Å². The highest BCUT2D eigenvalue weighted by Crippen LogP contribution is 2.28. The van der Waals surface area contributed by atoms with E-state index >= 15 is 0 Å². The summed E-state index contributed by atoms with van der Waals surface area (Å²) in [5, 5.41) is 7.51. The van der Waals surface area contributed by atoms with Crippen molar-refractivity contribution in [3.63, 3.8) is 0 Å². The third kappa shape index (κ3) is 3.56. The standard InChI is InChI=1S/C15H17F3N8O/c1-9-7-12(26-14(19-9)21-13(22-26)15(16,17)18)25-5-3-24(4-6-25)8-11-20-10(2)27-23-11/h7H,3-6,8H2,1-2H3. The average Bonchev–Trinajstić information content (AvgIpc) is 3.20. The Bertz CT molecular complexity index is 958. The largest absolute Gasteiger partial charge is 0.453 e. The first-order valence-electron chi connectivity index (χ1n) is 8.38. The minimum atomic E-state index is -4.61. The minimum Gasteiger partial charge on any atom is -0.354 e. The van der Waals surface area contributed by atoms with Crippen LogP contribution >= 0.6 is 0 Å². The quantitative estimate of drug-likeness (QED) is 0.673. The number of rotatable bonds is 3. The van der Waals surface area contributed by atoms with Crippen LogP contribution in [0.4, 0.5) is 19.0 Å². The van der Waals surface area contributed by atoms with E-state index in [1.807, 2.05) is 4.90 Å². The van der Waals surface area contributed by atoms with Crippen molar-refractivity contribution in [2.75, 3.05) is 31.1 Å².